The number of furan rings is 1. The molecule has 0 N–H and O–H groups in total. The van der Waals surface area contributed by atoms with Gasteiger partial charge in [0.2, 0.25) is 5.76 Å². The molecule has 0 saturated heterocycles. The van der Waals surface area contributed by atoms with Crippen molar-refractivity contribution in [2.24, 2.45) is 0 Å². The quantitative estimate of drug-likeness (QED) is 0.797. The molecule has 0 saturated carbocycles. The first kappa shape index (κ1) is 13.8. The number of nitrogens with zero attached hydrogens (tertiary/aromatic N) is 1. The number of hydrogen-bond acceptors (Lipinski definition) is 5. The molecule has 6 nitrogen and oxygen atoms in total. The molecule has 6 heteroatoms. The number of benzene rings is 1. The fraction of sp³-hybridized carbons (Fsp3) is 0.235. The molecule has 0 fully saturated rings. The summed E-state index contributed by atoms with van der Waals surface area (Å²) in [5.74, 6) is -2.02. The van der Waals surface area contributed by atoms with Crippen molar-refractivity contribution in [2.75, 3.05) is 0 Å². The van der Waals surface area contributed by atoms with Gasteiger partial charge in [0.05, 0.1) is 17.4 Å². The summed E-state index contributed by atoms with van der Waals surface area (Å²) in [5, 5.41) is 0.505. The Kier molecular flexibility index (Phi) is 3.04. The minimum Gasteiger partial charge on any atom is -0.457 e. The summed E-state index contributed by atoms with van der Waals surface area (Å²) >= 11 is 0. The van der Waals surface area contributed by atoms with Crippen LogP contribution in [0.15, 0.2) is 34.9 Å². The lowest BCUT2D eigenvalue weighted by Crippen LogP contribution is -2.32. The van der Waals surface area contributed by atoms with Crippen LogP contribution in [0.4, 0.5) is 0 Å². The molecule has 116 valence electrons. The van der Waals surface area contributed by atoms with Crippen LogP contribution in [0.3, 0.4) is 0 Å². The van der Waals surface area contributed by atoms with Crippen LogP contribution in [0.25, 0.3) is 0 Å². The predicted octanol–water partition coefficient (Wildman–Crippen LogP) is 2.53. The monoisotopic (exact) mass is 311 g/mol. The molecule has 4 rings (SSSR count). The molecule has 1 aliphatic heterocycles. The summed E-state index contributed by atoms with van der Waals surface area (Å²) in [6.45, 7) is 0. The smallest absolute Gasteiger partial charge is 0.399 e. The van der Waals surface area contributed by atoms with E-state index in [-0.39, 0.29) is 16.9 Å². The van der Waals surface area contributed by atoms with E-state index < -0.39 is 17.8 Å². The minimum atomic E-state index is -0.817. The Hall–Kier alpha value is -2.89. The summed E-state index contributed by atoms with van der Waals surface area (Å²) < 4.78 is 5.31. The van der Waals surface area contributed by atoms with Crippen LogP contribution in [0.1, 0.15) is 55.2 Å². The van der Waals surface area contributed by atoms with Crippen molar-refractivity contribution in [2.45, 2.75) is 25.7 Å². The normalized spacial score (nSPS) is 16.3. The van der Waals surface area contributed by atoms with Crippen molar-refractivity contribution in [3.8, 4) is 0 Å². The van der Waals surface area contributed by atoms with Crippen LogP contribution in [0.5, 0.6) is 0 Å². The van der Waals surface area contributed by atoms with Crippen molar-refractivity contribution in [1.82, 2.24) is 5.06 Å². The van der Waals surface area contributed by atoms with Crippen LogP contribution in [0.2, 0.25) is 0 Å². The predicted molar refractivity (Wildman–Crippen MR) is 77.7 cm³/mol. The lowest BCUT2D eigenvalue weighted by molar-refractivity contribution is -0.0604. The molecule has 0 unspecified atom stereocenters. The Bertz CT molecular complexity index is 800. The summed E-state index contributed by atoms with van der Waals surface area (Å²) in [6, 6.07) is 6.35. The van der Waals surface area contributed by atoms with Gasteiger partial charge in [-0.3, -0.25) is 9.59 Å². The standard InChI is InChI=1S/C17H13NO5/c19-15-12-7-3-4-8-13(12)16(20)18(15)23-17(21)14-11-6-2-1-5-10(11)9-22-14/h3-4,7-9H,1-2,5-6H2. The number of carbonyl (C=O) groups excluding carboxylic acids is 3. The van der Waals surface area contributed by atoms with E-state index in [1.54, 1.807) is 18.4 Å². The van der Waals surface area contributed by atoms with E-state index in [9.17, 15) is 14.4 Å². The van der Waals surface area contributed by atoms with Crippen LogP contribution >= 0.6 is 0 Å². The largest absolute Gasteiger partial charge is 0.457 e. The number of hydrogen-bond donors (Lipinski definition) is 0. The van der Waals surface area contributed by atoms with Crippen molar-refractivity contribution in [3.05, 3.63) is 58.5 Å². The number of imide groups is 1. The van der Waals surface area contributed by atoms with Gasteiger partial charge in [0.25, 0.3) is 11.8 Å². The van der Waals surface area contributed by atoms with Gasteiger partial charge in [-0.15, -0.1) is 0 Å². The second-order valence-corrected chi connectivity index (χ2v) is 5.60. The fourth-order valence-electron chi connectivity index (χ4n) is 3.06. The SMILES string of the molecule is O=C(ON1C(=O)c2ccccc2C1=O)c1occ2c1CCCC2. The average molecular weight is 311 g/mol. The summed E-state index contributed by atoms with van der Waals surface area (Å²) in [6.07, 6.45) is 5.17. The zero-order chi connectivity index (χ0) is 16.0. The van der Waals surface area contributed by atoms with Gasteiger partial charge < -0.3 is 9.25 Å². The molecule has 2 amide bonds. The molecule has 1 aliphatic carbocycles. The first-order chi connectivity index (χ1) is 11.2. The van der Waals surface area contributed by atoms with Gasteiger partial charge in [0.15, 0.2) is 0 Å². The van der Waals surface area contributed by atoms with Gasteiger partial charge in [-0.2, -0.15) is 0 Å². The highest BCUT2D eigenvalue weighted by Gasteiger charge is 2.39. The third-order valence-corrected chi connectivity index (χ3v) is 4.22. The molecule has 0 atom stereocenters. The highest BCUT2D eigenvalue weighted by molar-refractivity contribution is 6.21. The van der Waals surface area contributed by atoms with Gasteiger partial charge in [-0.1, -0.05) is 17.2 Å². The van der Waals surface area contributed by atoms with Crippen molar-refractivity contribution < 1.29 is 23.6 Å². The topological polar surface area (TPSA) is 76.8 Å². The Morgan fingerprint density at radius 1 is 1.04 bits per heavy atom. The fourth-order valence-corrected chi connectivity index (χ4v) is 3.06. The highest BCUT2D eigenvalue weighted by atomic mass is 16.7. The Labute approximate surface area is 131 Å². The van der Waals surface area contributed by atoms with Crippen molar-refractivity contribution in [3.63, 3.8) is 0 Å². The Morgan fingerprint density at radius 3 is 2.39 bits per heavy atom. The zero-order valence-electron chi connectivity index (χ0n) is 12.2. The van der Waals surface area contributed by atoms with E-state index in [0.717, 1.165) is 36.8 Å². The Morgan fingerprint density at radius 2 is 1.70 bits per heavy atom. The van der Waals surface area contributed by atoms with E-state index in [1.165, 1.54) is 12.1 Å². The average Bonchev–Trinajstić information content (AvgIpc) is 3.11. The van der Waals surface area contributed by atoms with E-state index in [1.807, 2.05) is 0 Å². The number of fused-ring (bicyclic) bond motifs is 2. The molecular weight excluding hydrogens is 298 g/mol. The zero-order valence-corrected chi connectivity index (χ0v) is 12.2. The number of rotatable bonds is 2. The van der Waals surface area contributed by atoms with Crippen LogP contribution in [-0.4, -0.2) is 22.8 Å². The molecule has 0 radical (unpaired) electrons. The van der Waals surface area contributed by atoms with Gasteiger partial charge >= 0.3 is 5.97 Å². The lowest BCUT2D eigenvalue weighted by atomic mass is 9.94. The second kappa shape index (κ2) is 5.08. The summed E-state index contributed by atoms with van der Waals surface area (Å²) in [7, 11) is 0. The first-order valence-corrected chi connectivity index (χ1v) is 7.46. The number of amides is 2. The van der Waals surface area contributed by atoms with E-state index in [0.29, 0.717) is 5.06 Å². The number of hydroxylamine groups is 2. The number of carbonyl (C=O) groups is 3. The third-order valence-electron chi connectivity index (χ3n) is 4.22. The number of aryl methyl sites for hydroxylation is 1. The maximum Gasteiger partial charge on any atom is 0.399 e. The molecule has 1 aromatic heterocycles. The summed E-state index contributed by atoms with van der Waals surface area (Å²) in [5.41, 5.74) is 2.27. The maximum absolute atomic E-state index is 12.3. The molecule has 0 bridgehead atoms. The van der Waals surface area contributed by atoms with Crippen LogP contribution in [0, 0.1) is 0 Å². The van der Waals surface area contributed by atoms with Crippen molar-refractivity contribution in [1.29, 1.82) is 0 Å². The van der Waals surface area contributed by atoms with Gasteiger partial charge in [-0.25, -0.2) is 4.79 Å². The van der Waals surface area contributed by atoms with Gasteiger partial charge in [0, 0.05) is 5.56 Å². The first-order valence-electron chi connectivity index (χ1n) is 7.46. The van der Waals surface area contributed by atoms with Gasteiger partial charge in [-0.05, 0) is 43.4 Å². The molecule has 1 aromatic carbocycles. The van der Waals surface area contributed by atoms with Crippen molar-refractivity contribution >= 4 is 17.8 Å². The lowest BCUT2D eigenvalue weighted by Gasteiger charge is -2.13. The Balaban J connectivity index is 1.60. The molecule has 23 heavy (non-hydrogen) atoms. The van der Waals surface area contributed by atoms with E-state index >= 15 is 0 Å². The summed E-state index contributed by atoms with van der Waals surface area (Å²) in [4.78, 5) is 41.7. The maximum atomic E-state index is 12.3. The molecule has 2 heterocycles. The highest BCUT2D eigenvalue weighted by Crippen LogP contribution is 2.28. The van der Waals surface area contributed by atoms with Crippen LogP contribution in [-0.2, 0) is 17.7 Å². The minimum absolute atomic E-state index is 0.0799. The molecular formula is C17H13NO5. The second-order valence-electron chi connectivity index (χ2n) is 5.60. The third kappa shape index (κ3) is 2.06. The van der Waals surface area contributed by atoms with Crippen LogP contribution < -0.4 is 0 Å². The molecule has 2 aromatic rings. The van der Waals surface area contributed by atoms with E-state index in [2.05, 4.69) is 0 Å². The van der Waals surface area contributed by atoms with Gasteiger partial charge in [0.1, 0.15) is 0 Å². The van der Waals surface area contributed by atoms with E-state index in [4.69, 9.17) is 9.25 Å². The molecule has 2 aliphatic rings. The molecule has 0 spiro atoms.